The van der Waals surface area contributed by atoms with Crippen LogP contribution in [0.1, 0.15) is 39.2 Å². The lowest BCUT2D eigenvalue weighted by Gasteiger charge is -2.32. The van der Waals surface area contributed by atoms with Crippen LogP contribution >= 0.6 is 30.3 Å². The highest BCUT2D eigenvalue weighted by atomic mass is 35.5. The van der Waals surface area contributed by atoms with Crippen LogP contribution in [0.25, 0.3) is 0 Å². The third-order valence-electron chi connectivity index (χ3n) is 7.26. The van der Waals surface area contributed by atoms with Gasteiger partial charge in [0.25, 0.3) is 0 Å². The molecule has 3 aromatic rings. The van der Waals surface area contributed by atoms with Crippen LogP contribution < -0.4 is 22.1 Å². The number of nitrogens with two attached hydrogens (primary N) is 2. The zero-order valence-corrected chi connectivity index (χ0v) is 26.4. The van der Waals surface area contributed by atoms with Crippen LogP contribution in [0.3, 0.4) is 0 Å². The predicted molar refractivity (Wildman–Crippen MR) is 170 cm³/mol. The van der Waals surface area contributed by atoms with E-state index in [0.29, 0.717) is 27.1 Å². The molecule has 0 fully saturated rings. The van der Waals surface area contributed by atoms with Crippen molar-refractivity contribution in [2.45, 2.75) is 58.1 Å². The van der Waals surface area contributed by atoms with Crippen LogP contribution in [0, 0.1) is 17.8 Å². The van der Waals surface area contributed by atoms with Crippen molar-refractivity contribution < 1.29 is 24.0 Å². The van der Waals surface area contributed by atoms with Crippen molar-refractivity contribution in [1.82, 2.24) is 0 Å². The fourth-order valence-corrected chi connectivity index (χ4v) is 8.04. The maximum absolute atomic E-state index is 14.7. The molecule has 42 heavy (non-hydrogen) atoms. The van der Waals surface area contributed by atoms with Gasteiger partial charge >= 0.3 is 5.97 Å². The Morgan fingerprint density at radius 3 is 1.81 bits per heavy atom. The number of esters is 1. The van der Waals surface area contributed by atoms with E-state index in [1.165, 1.54) is 0 Å². The van der Waals surface area contributed by atoms with Gasteiger partial charge in [-0.25, -0.2) is 0 Å². The Balaban J connectivity index is 1.90. The number of hydrogen-bond acceptors (Lipinski definition) is 7. The second kappa shape index (κ2) is 15.3. The summed E-state index contributed by atoms with van der Waals surface area (Å²) in [6, 6.07) is 19.9. The Morgan fingerprint density at radius 1 is 0.833 bits per heavy atom. The van der Waals surface area contributed by atoms with Gasteiger partial charge < -0.3 is 25.9 Å². The maximum Gasteiger partial charge on any atom is 0.317 e. The Bertz CT molecular complexity index is 1320. The molecule has 0 heterocycles. The van der Waals surface area contributed by atoms with Crippen LogP contribution in [0.5, 0.6) is 0 Å². The second-order valence-electron chi connectivity index (χ2n) is 11.1. The van der Waals surface area contributed by atoms with E-state index in [1.807, 2.05) is 44.2 Å². The van der Waals surface area contributed by atoms with E-state index >= 15 is 0 Å². The van der Waals surface area contributed by atoms with E-state index in [9.17, 15) is 19.3 Å². The largest absolute Gasteiger partial charge is 0.460 e. The fraction of sp³-hybridized carbons (Fsp3) is 0.375. The molecule has 0 aliphatic carbocycles. The maximum atomic E-state index is 14.7. The Morgan fingerprint density at radius 2 is 1.33 bits per heavy atom. The van der Waals surface area contributed by atoms with Crippen molar-refractivity contribution in [3.05, 3.63) is 94.5 Å². The van der Waals surface area contributed by atoms with Gasteiger partial charge in [-0.2, -0.15) is 0 Å². The standard InChI is InChI=1S/C32H39Cl2N2O5P/c1-20(2)17-27(35)30(37)29(31(38)41-19-22-7-5-4-6-8-22)21(3)18-28(36)32(39)42(40,25-13-9-23(33)10-14-25)26-15-11-24(34)12-16-26/h4-16,20-21,27-29,32,39H,17-19,35-36H2,1-3H3/t21?,27-,28?,29?,32?/m1/s1. The molecule has 0 radical (unpaired) electrons. The summed E-state index contributed by atoms with van der Waals surface area (Å²) >= 11 is 12.2. The van der Waals surface area contributed by atoms with Crippen LogP contribution in [0.2, 0.25) is 10.0 Å². The van der Waals surface area contributed by atoms with Crippen molar-refractivity contribution in [2.24, 2.45) is 29.2 Å². The number of rotatable bonds is 14. The van der Waals surface area contributed by atoms with Crippen LogP contribution in [-0.2, 0) is 25.5 Å². The van der Waals surface area contributed by atoms with Gasteiger partial charge in [-0.1, -0.05) is 74.3 Å². The molecule has 0 spiro atoms. The predicted octanol–water partition coefficient (Wildman–Crippen LogP) is 5.28. The van der Waals surface area contributed by atoms with Crippen molar-refractivity contribution in [3.63, 3.8) is 0 Å². The zero-order valence-electron chi connectivity index (χ0n) is 24.0. The number of aliphatic hydroxyl groups is 1. The van der Waals surface area contributed by atoms with Crippen molar-refractivity contribution >= 4 is 52.7 Å². The second-order valence-corrected chi connectivity index (χ2v) is 14.9. The molecule has 10 heteroatoms. The number of carbonyl (C=O) groups is 2. The monoisotopic (exact) mass is 632 g/mol. The van der Waals surface area contributed by atoms with E-state index in [1.54, 1.807) is 55.5 Å². The molecule has 0 aliphatic rings. The normalized spacial score (nSPS) is 15.5. The summed E-state index contributed by atoms with van der Waals surface area (Å²) in [5, 5.41) is 13.2. The first-order chi connectivity index (χ1) is 19.8. The Kier molecular flexibility index (Phi) is 12.4. The van der Waals surface area contributed by atoms with Crippen molar-refractivity contribution in [3.8, 4) is 0 Å². The average molecular weight is 634 g/mol. The van der Waals surface area contributed by atoms with Crippen molar-refractivity contribution in [2.75, 3.05) is 0 Å². The third-order valence-corrected chi connectivity index (χ3v) is 11.0. The smallest absolute Gasteiger partial charge is 0.317 e. The van der Waals surface area contributed by atoms with Gasteiger partial charge in [-0.3, -0.25) is 9.59 Å². The number of Topliss-reactive ketones (excluding diaryl/α,β-unsaturated/α-hetero) is 1. The number of ether oxygens (including phenoxy) is 1. The minimum atomic E-state index is -3.75. The lowest BCUT2D eigenvalue weighted by molar-refractivity contribution is -0.156. The molecule has 5 atom stereocenters. The fourth-order valence-electron chi connectivity index (χ4n) is 5.04. The lowest BCUT2D eigenvalue weighted by Crippen LogP contribution is -2.46. The van der Waals surface area contributed by atoms with Gasteiger partial charge in [-0.05, 0) is 78.8 Å². The minimum absolute atomic E-state index is 0.00240. The van der Waals surface area contributed by atoms with E-state index in [-0.39, 0.29) is 18.9 Å². The van der Waals surface area contributed by atoms with Crippen LogP contribution in [0.4, 0.5) is 0 Å². The van der Waals surface area contributed by atoms with Gasteiger partial charge in [0.1, 0.15) is 18.4 Å². The zero-order chi connectivity index (χ0) is 31.0. The number of benzene rings is 3. The number of halogens is 2. The van der Waals surface area contributed by atoms with E-state index < -0.39 is 48.7 Å². The molecule has 5 N–H and O–H groups in total. The van der Waals surface area contributed by atoms with Gasteiger partial charge in [0, 0.05) is 26.7 Å². The highest BCUT2D eigenvalue weighted by Gasteiger charge is 2.43. The Labute approximate surface area is 257 Å². The number of ketones is 1. The van der Waals surface area contributed by atoms with Gasteiger partial charge in [0.15, 0.2) is 12.9 Å². The summed E-state index contributed by atoms with van der Waals surface area (Å²) in [5.74, 6) is -4.46. The highest BCUT2D eigenvalue weighted by molar-refractivity contribution is 7.79. The molecule has 4 unspecified atom stereocenters. The van der Waals surface area contributed by atoms with E-state index in [2.05, 4.69) is 0 Å². The summed E-state index contributed by atoms with van der Waals surface area (Å²) < 4.78 is 20.3. The highest BCUT2D eigenvalue weighted by Crippen LogP contribution is 2.49. The summed E-state index contributed by atoms with van der Waals surface area (Å²) in [5.41, 5.74) is 13.5. The molecule has 3 rings (SSSR count). The van der Waals surface area contributed by atoms with Crippen LogP contribution in [-0.4, -0.2) is 34.8 Å². The van der Waals surface area contributed by atoms with Crippen LogP contribution in [0.15, 0.2) is 78.9 Å². The number of hydrogen-bond donors (Lipinski definition) is 3. The van der Waals surface area contributed by atoms with E-state index in [4.69, 9.17) is 39.4 Å². The summed E-state index contributed by atoms with van der Waals surface area (Å²) in [4.78, 5) is 26.9. The molecule has 0 saturated heterocycles. The lowest BCUT2D eigenvalue weighted by atomic mass is 9.81. The van der Waals surface area contributed by atoms with Gasteiger partial charge in [0.05, 0.1) is 6.04 Å². The molecular formula is C32H39Cl2N2O5P. The molecule has 7 nitrogen and oxygen atoms in total. The molecule has 3 aromatic carbocycles. The van der Waals surface area contributed by atoms with Gasteiger partial charge in [0.2, 0.25) is 0 Å². The minimum Gasteiger partial charge on any atom is -0.460 e. The van der Waals surface area contributed by atoms with Crippen molar-refractivity contribution in [1.29, 1.82) is 0 Å². The third kappa shape index (κ3) is 8.53. The first-order valence-corrected chi connectivity index (χ1v) is 16.4. The average Bonchev–Trinajstić information content (AvgIpc) is 2.96. The molecule has 0 aromatic heterocycles. The summed E-state index contributed by atoms with van der Waals surface area (Å²) in [6.45, 7) is 5.57. The first kappa shape index (κ1) is 34.0. The summed E-state index contributed by atoms with van der Waals surface area (Å²) in [7, 11) is -3.75. The first-order valence-electron chi connectivity index (χ1n) is 13.9. The molecule has 226 valence electrons. The number of aliphatic hydroxyl groups excluding tert-OH is 1. The SMILES string of the molecule is CC(C)C[C@@H](N)C(=O)C(C(=O)OCc1ccccc1)C(C)CC(N)C(O)P(=O)(c1ccc(Cl)cc1)c1ccc(Cl)cc1. The topological polar surface area (TPSA) is 133 Å². The number of carbonyl (C=O) groups excluding carboxylic acids is 2. The molecule has 0 saturated carbocycles. The Hall–Kier alpha value is -2.51. The molecular weight excluding hydrogens is 594 g/mol. The quantitative estimate of drug-likeness (QED) is 0.125. The molecule has 0 amide bonds. The molecule has 0 bridgehead atoms. The molecule has 0 aliphatic heterocycles. The van der Waals surface area contributed by atoms with Gasteiger partial charge in [-0.15, -0.1) is 0 Å². The summed E-state index contributed by atoms with van der Waals surface area (Å²) in [6.07, 6.45) is 0.391. The van der Waals surface area contributed by atoms with E-state index in [0.717, 1.165) is 5.56 Å².